The smallest absolute Gasteiger partial charge is 0.248 e. The summed E-state index contributed by atoms with van der Waals surface area (Å²) in [5, 5.41) is 0.639. The van der Waals surface area contributed by atoms with Crippen molar-refractivity contribution in [2.24, 2.45) is 0 Å². The second-order valence-electron chi connectivity index (χ2n) is 5.93. The number of rotatable bonds is 7. The van der Waals surface area contributed by atoms with Crippen molar-refractivity contribution in [2.45, 2.75) is 20.1 Å². The molecule has 1 aliphatic rings. The second-order valence-corrected chi connectivity index (χ2v) is 6.34. The topological polar surface area (TPSA) is 48.0 Å². The Kier molecular flexibility index (Phi) is 6.36. The minimum Gasteiger partial charge on any atom is -0.486 e. The van der Waals surface area contributed by atoms with Crippen LogP contribution in [0.3, 0.4) is 0 Å². The maximum Gasteiger partial charge on any atom is 0.248 e. The highest BCUT2D eigenvalue weighted by molar-refractivity contribution is 6.31. The summed E-state index contributed by atoms with van der Waals surface area (Å²) in [6.45, 7) is 4.36. The maximum absolute atomic E-state index is 12.5. The highest BCUT2D eigenvalue weighted by atomic mass is 35.5. The standard InChI is InChI=1S/C20H22ClNO4/c1-2-22(12-15-7-5-9-18-20(15)26-11-10-25-18)19(23)14-24-13-16-6-3-4-8-17(16)21/h3-9H,2,10-14H2,1H3. The van der Waals surface area contributed by atoms with Crippen LogP contribution in [-0.4, -0.2) is 37.2 Å². The Morgan fingerprint density at radius 3 is 2.69 bits per heavy atom. The van der Waals surface area contributed by atoms with Gasteiger partial charge in [-0.15, -0.1) is 0 Å². The van der Waals surface area contributed by atoms with Crippen molar-refractivity contribution in [1.29, 1.82) is 0 Å². The van der Waals surface area contributed by atoms with Crippen LogP contribution in [0, 0.1) is 0 Å². The van der Waals surface area contributed by atoms with Gasteiger partial charge in [-0.1, -0.05) is 41.9 Å². The zero-order chi connectivity index (χ0) is 18.4. The normalized spacial score (nSPS) is 12.7. The Hall–Kier alpha value is -2.24. The van der Waals surface area contributed by atoms with Gasteiger partial charge in [0, 0.05) is 23.7 Å². The lowest BCUT2D eigenvalue weighted by atomic mass is 10.1. The number of amides is 1. The maximum atomic E-state index is 12.5. The quantitative estimate of drug-likeness (QED) is 0.740. The molecule has 5 nitrogen and oxygen atoms in total. The number of hydrogen-bond donors (Lipinski definition) is 0. The van der Waals surface area contributed by atoms with Crippen LogP contribution in [0.5, 0.6) is 11.5 Å². The van der Waals surface area contributed by atoms with E-state index in [-0.39, 0.29) is 12.5 Å². The molecular weight excluding hydrogens is 354 g/mol. The largest absolute Gasteiger partial charge is 0.486 e. The third-order valence-corrected chi connectivity index (χ3v) is 4.55. The van der Waals surface area contributed by atoms with Crippen LogP contribution >= 0.6 is 11.6 Å². The number of carbonyl (C=O) groups is 1. The number of para-hydroxylation sites is 1. The number of halogens is 1. The van der Waals surface area contributed by atoms with Crippen molar-refractivity contribution in [3.63, 3.8) is 0 Å². The SMILES string of the molecule is CCN(Cc1cccc2c1OCCO2)C(=O)COCc1ccccc1Cl. The van der Waals surface area contributed by atoms with E-state index in [0.29, 0.717) is 37.9 Å². The van der Waals surface area contributed by atoms with E-state index in [1.165, 1.54) is 0 Å². The summed E-state index contributed by atoms with van der Waals surface area (Å²) in [5.74, 6) is 1.38. The Morgan fingerprint density at radius 2 is 1.88 bits per heavy atom. The number of carbonyl (C=O) groups excluding carboxylic acids is 1. The van der Waals surface area contributed by atoms with E-state index < -0.39 is 0 Å². The van der Waals surface area contributed by atoms with E-state index in [0.717, 1.165) is 22.6 Å². The molecule has 1 amide bonds. The van der Waals surface area contributed by atoms with Crippen molar-refractivity contribution < 1.29 is 19.0 Å². The molecule has 0 aromatic heterocycles. The van der Waals surface area contributed by atoms with Crippen LogP contribution in [0.4, 0.5) is 0 Å². The van der Waals surface area contributed by atoms with E-state index in [9.17, 15) is 4.79 Å². The van der Waals surface area contributed by atoms with Gasteiger partial charge in [-0.05, 0) is 24.6 Å². The van der Waals surface area contributed by atoms with E-state index >= 15 is 0 Å². The Balaban J connectivity index is 1.58. The highest BCUT2D eigenvalue weighted by Gasteiger charge is 2.19. The van der Waals surface area contributed by atoms with Crippen LogP contribution in [0.15, 0.2) is 42.5 Å². The first-order valence-corrected chi connectivity index (χ1v) is 9.03. The van der Waals surface area contributed by atoms with E-state index in [1.807, 2.05) is 43.3 Å². The van der Waals surface area contributed by atoms with Crippen LogP contribution < -0.4 is 9.47 Å². The minimum atomic E-state index is -0.0751. The van der Waals surface area contributed by atoms with Gasteiger partial charge in [0.25, 0.3) is 0 Å². The Bertz CT molecular complexity index is 765. The molecule has 2 aromatic rings. The third-order valence-electron chi connectivity index (χ3n) is 4.18. The summed E-state index contributed by atoms with van der Waals surface area (Å²) < 4.78 is 16.9. The molecule has 2 aromatic carbocycles. The summed E-state index contributed by atoms with van der Waals surface area (Å²) in [7, 11) is 0. The monoisotopic (exact) mass is 375 g/mol. The van der Waals surface area contributed by atoms with Gasteiger partial charge in [-0.3, -0.25) is 4.79 Å². The fraction of sp³-hybridized carbons (Fsp3) is 0.350. The number of likely N-dealkylation sites (N-methyl/N-ethyl adjacent to an activating group) is 1. The molecular formula is C20H22ClNO4. The second kappa shape index (κ2) is 8.92. The predicted molar refractivity (Wildman–Crippen MR) is 99.6 cm³/mol. The summed E-state index contributed by atoms with van der Waals surface area (Å²) in [4.78, 5) is 14.3. The highest BCUT2D eigenvalue weighted by Crippen LogP contribution is 2.34. The van der Waals surface area contributed by atoms with Crippen molar-refractivity contribution >= 4 is 17.5 Å². The lowest BCUT2D eigenvalue weighted by Gasteiger charge is -2.25. The van der Waals surface area contributed by atoms with E-state index in [4.69, 9.17) is 25.8 Å². The predicted octanol–water partition coefficient (Wildman–Crippen LogP) is 3.68. The molecule has 3 rings (SSSR count). The first kappa shape index (κ1) is 18.5. The lowest BCUT2D eigenvalue weighted by Crippen LogP contribution is -2.33. The van der Waals surface area contributed by atoms with Gasteiger partial charge in [0.2, 0.25) is 5.91 Å². The van der Waals surface area contributed by atoms with E-state index in [1.54, 1.807) is 11.0 Å². The number of hydrogen-bond acceptors (Lipinski definition) is 4. The Labute approximate surface area is 158 Å². The fourth-order valence-corrected chi connectivity index (χ4v) is 2.99. The molecule has 0 fully saturated rings. The molecule has 0 N–H and O–H groups in total. The van der Waals surface area contributed by atoms with Gasteiger partial charge >= 0.3 is 0 Å². The summed E-state index contributed by atoms with van der Waals surface area (Å²) >= 11 is 6.10. The molecule has 1 heterocycles. The van der Waals surface area contributed by atoms with Crippen molar-refractivity contribution in [3.05, 3.63) is 58.6 Å². The van der Waals surface area contributed by atoms with Gasteiger partial charge in [0.15, 0.2) is 11.5 Å². The van der Waals surface area contributed by atoms with Gasteiger partial charge < -0.3 is 19.1 Å². The van der Waals surface area contributed by atoms with Crippen molar-refractivity contribution in [3.8, 4) is 11.5 Å². The fourth-order valence-electron chi connectivity index (χ4n) is 2.80. The number of nitrogens with zero attached hydrogens (tertiary/aromatic N) is 1. The molecule has 6 heteroatoms. The van der Waals surface area contributed by atoms with Gasteiger partial charge in [-0.2, -0.15) is 0 Å². The molecule has 0 aliphatic carbocycles. The number of fused-ring (bicyclic) bond motifs is 1. The summed E-state index contributed by atoms with van der Waals surface area (Å²) in [6, 6.07) is 13.2. The van der Waals surface area contributed by atoms with Crippen LogP contribution in [0.1, 0.15) is 18.1 Å². The Morgan fingerprint density at radius 1 is 1.12 bits per heavy atom. The molecule has 0 saturated carbocycles. The van der Waals surface area contributed by atoms with Gasteiger partial charge in [0.1, 0.15) is 19.8 Å². The third kappa shape index (κ3) is 4.48. The average molecular weight is 376 g/mol. The molecule has 0 unspecified atom stereocenters. The summed E-state index contributed by atoms with van der Waals surface area (Å²) in [6.07, 6.45) is 0. The molecule has 1 aliphatic heterocycles. The molecule has 0 atom stereocenters. The lowest BCUT2D eigenvalue weighted by molar-refractivity contribution is -0.137. The number of benzene rings is 2. The van der Waals surface area contributed by atoms with Crippen LogP contribution in [0.2, 0.25) is 5.02 Å². The number of ether oxygens (including phenoxy) is 3. The van der Waals surface area contributed by atoms with Crippen molar-refractivity contribution in [2.75, 3.05) is 26.4 Å². The molecule has 138 valence electrons. The molecule has 0 saturated heterocycles. The minimum absolute atomic E-state index is 0.00540. The molecule has 26 heavy (non-hydrogen) atoms. The molecule has 0 radical (unpaired) electrons. The first-order chi connectivity index (χ1) is 12.7. The van der Waals surface area contributed by atoms with Gasteiger partial charge in [-0.25, -0.2) is 0 Å². The first-order valence-electron chi connectivity index (χ1n) is 8.65. The molecule has 0 spiro atoms. The zero-order valence-corrected chi connectivity index (χ0v) is 15.5. The van der Waals surface area contributed by atoms with Crippen LogP contribution in [0.25, 0.3) is 0 Å². The van der Waals surface area contributed by atoms with Crippen molar-refractivity contribution in [1.82, 2.24) is 4.90 Å². The summed E-state index contributed by atoms with van der Waals surface area (Å²) in [5.41, 5.74) is 1.80. The zero-order valence-electron chi connectivity index (χ0n) is 14.7. The van der Waals surface area contributed by atoms with Crippen LogP contribution in [-0.2, 0) is 22.7 Å². The van der Waals surface area contributed by atoms with Gasteiger partial charge in [0.05, 0.1) is 6.61 Å². The molecule has 0 bridgehead atoms. The van der Waals surface area contributed by atoms with E-state index in [2.05, 4.69) is 0 Å². The average Bonchev–Trinajstić information content (AvgIpc) is 2.67.